The number of aliphatic carboxylic acids is 1. The molecule has 3 aromatic rings. The summed E-state index contributed by atoms with van der Waals surface area (Å²) in [6.07, 6.45) is -1.03. The van der Waals surface area contributed by atoms with Gasteiger partial charge in [0.05, 0.1) is 6.10 Å². The lowest BCUT2D eigenvalue weighted by molar-refractivity contribution is -0.151. The first-order chi connectivity index (χ1) is 20.3. The van der Waals surface area contributed by atoms with Crippen LogP contribution in [0.3, 0.4) is 0 Å². The number of alkyl carbamates (subject to hydrolysis) is 1. The van der Waals surface area contributed by atoms with Crippen LogP contribution in [0.4, 0.5) is 4.79 Å². The minimum absolute atomic E-state index is 0.0892. The summed E-state index contributed by atoms with van der Waals surface area (Å²) in [5.74, 6) is -1.86. The Kier molecular flexibility index (Phi) is 8.89. The van der Waals surface area contributed by atoms with E-state index in [2.05, 4.69) is 27.7 Å². The van der Waals surface area contributed by atoms with E-state index in [1.807, 2.05) is 66.7 Å². The van der Waals surface area contributed by atoms with Crippen molar-refractivity contribution in [3.05, 3.63) is 95.6 Å². The van der Waals surface area contributed by atoms with E-state index in [1.54, 1.807) is 6.92 Å². The van der Waals surface area contributed by atoms with E-state index in [-0.39, 0.29) is 25.4 Å². The largest absolute Gasteiger partial charge is 0.480 e. The Morgan fingerprint density at radius 2 is 1.50 bits per heavy atom. The van der Waals surface area contributed by atoms with E-state index in [0.29, 0.717) is 19.6 Å². The van der Waals surface area contributed by atoms with Gasteiger partial charge in [-0.1, -0.05) is 78.9 Å². The van der Waals surface area contributed by atoms with Gasteiger partial charge in [0, 0.05) is 32.7 Å². The van der Waals surface area contributed by atoms with Gasteiger partial charge in [0.15, 0.2) is 0 Å². The maximum absolute atomic E-state index is 13.5. The number of amides is 2. The number of hydrogen-bond donors (Lipinski definition) is 3. The predicted molar refractivity (Wildman–Crippen MR) is 158 cm³/mol. The van der Waals surface area contributed by atoms with Gasteiger partial charge < -0.3 is 25.2 Å². The molecule has 2 amide bonds. The van der Waals surface area contributed by atoms with E-state index in [1.165, 1.54) is 7.11 Å². The van der Waals surface area contributed by atoms with Crippen molar-refractivity contribution in [2.75, 3.05) is 26.8 Å². The summed E-state index contributed by atoms with van der Waals surface area (Å²) >= 11 is 0. The molecule has 9 nitrogen and oxygen atoms in total. The second-order valence-corrected chi connectivity index (χ2v) is 11.0. The fourth-order valence-electron chi connectivity index (χ4n) is 5.94. The van der Waals surface area contributed by atoms with Crippen molar-refractivity contribution in [3.8, 4) is 11.1 Å². The number of carbonyl (C=O) groups is 3. The zero-order chi connectivity index (χ0) is 29.7. The van der Waals surface area contributed by atoms with Crippen LogP contribution in [0.15, 0.2) is 78.9 Å². The average molecular weight is 572 g/mol. The van der Waals surface area contributed by atoms with Gasteiger partial charge in [0.25, 0.3) is 0 Å². The number of carboxylic acids is 1. The summed E-state index contributed by atoms with van der Waals surface area (Å²) in [4.78, 5) is 41.1. The Hall–Kier alpha value is -4.21. The fourth-order valence-corrected chi connectivity index (χ4v) is 5.94. The number of rotatable bonds is 10. The van der Waals surface area contributed by atoms with Crippen molar-refractivity contribution in [2.24, 2.45) is 0 Å². The number of methoxy groups -OCH3 is 1. The molecule has 5 rings (SSSR count). The lowest BCUT2D eigenvalue weighted by Gasteiger charge is -2.40. The Morgan fingerprint density at radius 1 is 0.929 bits per heavy atom. The standard InChI is InChI=1S/C33H37N3O6/c1-22(41-2)29(30(37)35-33(31(38)39)16-18-36(19-17-33)20-23-10-4-3-5-11-23)34-32(40)42-21-28-26-14-8-6-12-24(26)25-13-7-9-15-27(25)28/h3-15,22,28-29H,16-21H2,1-2H3,(H,34,40)(H,35,37)(H,38,39). The van der Waals surface area contributed by atoms with E-state index >= 15 is 0 Å². The molecular weight excluding hydrogens is 534 g/mol. The average Bonchev–Trinajstić information content (AvgIpc) is 3.33. The molecule has 0 bridgehead atoms. The van der Waals surface area contributed by atoms with Crippen LogP contribution in [-0.2, 0) is 25.6 Å². The molecule has 1 aliphatic carbocycles. The SMILES string of the molecule is COC(C)C(NC(=O)OCC1c2ccccc2-c2ccccc21)C(=O)NC1(C(=O)O)CCN(Cc2ccccc2)CC1. The molecule has 42 heavy (non-hydrogen) atoms. The van der Waals surface area contributed by atoms with Crippen molar-refractivity contribution in [1.29, 1.82) is 0 Å². The zero-order valence-electron chi connectivity index (χ0n) is 23.9. The molecule has 2 unspecified atom stereocenters. The van der Waals surface area contributed by atoms with Gasteiger partial charge in [-0.2, -0.15) is 0 Å². The van der Waals surface area contributed by atoms with E-state index in [0.717, 1.165) is 27.8 Å². The van der Waals surface area contributed by atoms with Gasteiger partial charge in [0.2, 0.25) is 5.91 Å². The number of ether oxygens (including phenoxy) is 2. The van der Waals surface area contributed by atoms with Gasteiger partial charge in [-0.25, -0.2) is 9.59 Å². The number of likely N-dealkylation sites (tertiary alicyclic amines) is 1. The van der Waals surface area contributed by atoms with Gasteiger partial charge in [0.1, 0.15) is 18.2 Å². The number of carbonyl (C=O) groups excluding carboxylic acids is 2. The van der Waals surface area contributed by atoms with Crippen LogP contribution in [0.25, 0.3) is 11.1 Å². The number of nitrogens with one attached hydrogen (secondary N) is 2. The molecule has 1 fully saturated rings. The van der Waals surface area contributed by atoms with Crippen LogP contribution in [0.1, 0.15) is 42.4 Å². The first kappa shape index (κ1) is 29.3. The number of hydrogen-bond acceptors (Lipinski definition) is 6. The number of carboxylic acid groups (broad SMARTS) is 1. The molecule has 1 heterocycles. The maximum Gasteiger partial charge on any atom is 0.407 e. The third-order valence-corrected chi connectivity index (χ3v) is 8.47. The third kappa shape index (κ3) is 6.17. The molecule has 0 aromatic heterocycles. The molecule has 3 N–H and O–H groups in total. The summed E-state index contributed by atoms with van der Waals surface area (Å²) in [7, 11) is 1.43. The first-order valence-corrected chi connectivity index (χ1v) is 14.3. The fraction of sp³-hybridized carbons (Fsp3) is 0.364. The smallest absolute Gasteiger partial charge is 0.407 e. The minimum atomic E-state index is -1.45. The molecule has 220 valence electrons. The molecule has 3 aromatic carbocycles. The van der Waals surface area contributed by atoms with Gasteiger partial charge in [-0.15, -0.1) is 0 Å². The highest BCUT2D eigenvalue weighted by Crippen LogP contribution is 2.44. The topological polar surface area (TPSA) is 117 Å². The number of fused-ring (bicyclic) bond motifs is 3. The normalized spacial score (nSPS) is 17.4. The maximum atomic E-state index is 13.5. The van der Waals surface area contributed by atoms with Gasteiger partial charge >= 0.3 is 12.1 Å². The first-order valence-electron chi connectivity index (χ1n) is 14.3. The van der Waals surface area contributed by atoms with E-state index in [4.69, 9.17) is 9.47 Å². The lowest BCUT2D eigenvalue weighted by atomic mass is 9.86. The number of piperidine rings is 1. The van der Waals surface area contributed by atoms with Crippen molar-refractivity contribution >= 4 is 18.0 Å². The molecule has 0 saturated carbocycles. The summed E-state index contributed by atoms with van der Waals surface area (Å²) in [6.45, 7) is 3.45. The highest BCUT2D eigenvalue weighted by molar-refractivity contribution is 5.92. The van der Waals surface area contributed by atoms with E-state index < -0.39 is 35.7 Å². The van der Waals surface area contributed by atoms with E-state index in [9.17, 15) is 19.5 Å². The third-order valence-electron chi connectivity index (χ3n) is 8.47. The summed E-state index contributed by atoms with van der Waals surface area (Å²) in [5, 5.41) is 15.5. The Balaban J connectivity index is 1.22. The summed E-state index contributed by atoms with van der Waals surface area (Å²) < 4.78 is 11.0. The van der Waals surface area contributed by atoms with Crippen molar-refractivity contribution in [1.82, 2.24) is 15.5 Å². The highest BCUT2D eigenvalue weighted by atomic mass is 16.5. The molecule has 0 spiro atoms. The molecule has 9 heteroatoms. The van der Waals surface area contributed by atoms with Crippen molar-refractivity contribution in [2.45, 2.75) is 49.9 Å². The summed E-state index contributed by atoms with van der Waals surface area (Å²) in [5.41, 5.74) is 4.08. The number of nitrogens with zero attached hydrogens (tertiary/aromatic N) is 1. The van der Waals surface area contributed by atoms with Gasteiger partial charge in [-0.3, -0.25) is 9.69 Å². The number of benzene rings is 3. The predicted octanol–water partition coefficient (Wildman–Crippen LogP) is 4.16. The van der Waals surface area contributed by atoms with Crippen molar-refractivity contribution in [3.63, 3.8) is 0 Å². The summed E-state index contributed by atoms with van der Waals surface area (Å²) in [6, 6.07) is 24.9. The monoisotopic (exact) mass is 571 g/mol. The van der Waals surface area contributed by atoms with Gasteiger partial charge in [-0.05, 0) is 47.6 Å². The van der Waals surface area contributed by atoms with Crippen LogP contribution in [-0.4, -0.2) is 72.5 Å². The van der Waals surface area contributed by atoms with Crippen LogP contribution >= 0.6 is 0 Å². The Labute approximate surface area is 245 Å². The molecular formula is C33H37N3O6. The van der Waals surface area contributed by atoms with Crippen LogP contribution < -0.4 is 10.6 Å². The second-order valence-electron chi connectivity index (χ2n) is 11.0. The van der Waals surface area contributed by atoms with Crippen LogP contribution in [0, 0.1) is 0 Å². The van der Waals surface area contributed by atoms with Crippen molar-refractivity contribution < 1.29 is 29.0 Å². The second kappa shape index (κ2) is 12.8. The molecule has 2 atom stereocenters. The minimum Gasteiger partial charge on any atom is -0.480 e. The Bertz CT molecular complexity index is 1370. The Morgan fingerprint density at radius 3 is 2.07 bits per heavy atom. The lowest BCUT2D eigenvalue weighted by Crippen LogP contribution is -2.64. The molecule has 2 aliphatic rings. The van der Waals surface area contributed by atoms with Crippen LogP contribution in [0.2, 0.25) is 0 Å². The van der Waals surface area contributed by atoms with Crippen LogP contribution in [0.5, 0.6) is 0 Å². The zero-order valence-corrected chi connectivity index (χ0v) is 23.9. The highest BCUT2D eigenvalue weighted by Gasteiger charge is 2.45. The molecule has 0 radical (unpaired) electrons. The molecule has 1 saturated heterocycles. The molecule has 1 aliphatic heterocycles. The quantitative estimate of drug-likeness (QED) is 0.335.